The topological polar surface area (TPSA) is 130 Å². The molecule has 246 valence electrons. The Hall–Kier alpha value is -5.84. The van der Waals surface area contributed by atoms with E-state index >= 15 is 0 Å². The second-order valence-corrected chi connectivity index (χ2v) is 11.9. The SMILES string of the molecule is CN(C)c1ccccc1OC(=O)CN1Cc2ccc(OCCC(C(N)=O)N3CCc4ccccc43)cc2N=C1NC(=O)c1ccccc1. The van der Waals surface area contributed by atoms with Crippen LogP contribution in [0, 0.1) is 0 Å². The molecule has 0 aromatic heterocycles. The van der Waals surface area contributed by atoms with Crippen molar-refractivity contribution in [2.45, 2.75) is 25.4 Å². The average molecular weight is 647 g/mol. The molecule has 0 spiro atoms. The minimum atomic E-state index is -0.501. The zero-order chi connectivity index (χ0) is 33.6. The van der Waals surface area contributed by atoms with E-state index in [1.165, 1.54) is 5.56 Å². The number of fused-ring (bicyclic) bond motifs is 2. The van der Waals surface area contributed by atoms with Crippen LogP contribution >= 0.6 is 0 Å². The van der Waals surface area contributed by atoms with Crippen LogP contribution < -0.4 is 30.3 Å². The lowest BCUT2D eigenvalue weighted by Gasteiger charge is -2.30. The predicted octanol–water partition coefficient (Wildman–Crippen LogP) is 4.28. The van der Waals surface area contributed by atoms with E-state index in [1.54, 1.807) is 47.4 Å². The van der Waals surface area contributed by atoms with E-state index in [2.05, 4.69) is 16.3 Å². The molecule has 2 heterocycles. The summed E-state index contributed by atoms with van der Waals surface area (Å²) in [6.45, 7) is 1.14. The van der Waals surface area contributed by atoms with Gasteiger partial charge < -0.3 is 29.9 Å². The van der Waals surface area contributed by atoms with Crippen molar-refractivity contribution in [2.24, 2.45) is 10.7 Å². The van der Waals surface area contributed by atoms with Gasteiger partial charge in [-0.25, -0.2) is 9.79 Å². The Bertz CT molecular complexity index is 1840. The summed E-state index contributed by atoms with van der Waals surface area (Å²) in [4.78, 5) is 49.2. The maximum Gasteiger partial charge on any atom is 0.331 e. The summed E-state index contributed by atoms with van der Waals surface area (Å²) in [7, 11) is 3.75. The molecule has 3 N–H and O–H groups in total. The molecule has 2 aliphatic heterocycles. The molecule has 48 heavy (non-hydrogen) atoms. The van der Waals surface area contributed by atoms with Crippen LogP contribution in [0.15, 0.2) is 102 Å². The molecule has 1 unspecified atom stereocenters. The largest absolute Gasteiger partial charge is 0.493 e. The number of nitrogens with zero attached hydrogens (tertiary/aromatic N) is 4. The lowest BCUT2D eigenvalue weighted by Crippen LogP contribution is -2.47. The number of hydrogen-bond donors (Lipinski definition) is 2. The van der Waals surface area contributed by atoms with Gasteiger partial charge in [-0.2, -0.15) is 0 Å². The summed E-state index contributed by atoms with van der Waals surface area (Å²) < 4.78 is 11.8. The molecule has 6 rings (SSSR count). The number of hydrogen-bond acceptors (Lipinski definition) is 9. The zero-order valence-corrected chi connectivity index (χ0v) is 27.0. The van der Waals surface area contributed by atoms with Crippen molar-refractivity contribution in [3.63, 3.8) is 0 Å². The number of benzene rings is 4. The zero-order valence-electron chi connectivity index (χ0n) is 27.0. The summed E-state index contributed by atoms with van der Waals surface area (Å²) in [5, 5.41) is 2.88. The Balaban J connectivity index is 1.17. The van der Waals surface area contributed by atoms with Gasteiger partial charge in [0.25, 0.3) is 5.91 Å². The smallest absolute Gasteiger partial charge is 0.331 e. The second-order valence-electron chi connectivity index (χ2n) is 11.9. The third-order valence-corrected chi connectivity index (χ3v) is 8.38. The molecular formula is C37H38N6O5. The lowest BCUT2D eigenvalue weighted by atomic mass is 10.1. The van der Waals surface area contributed by atoms with Crippen molar-refractivity contribution in [1.82, 2.24) is 10.2 Å². The highest BCUT2D eigenvalue weighted by molar-refractivity contribution is 6.07. The molecule has 11 heteroatoms. The number of carbonyl (C=O) groups excluding carboxylic acids is 3. The molecule has 1 atom stereocenters. The highest BCUT2D eigenvalue weighted by Gasteiger charge is 2.30. The van der Waals surface area contributed by atoms with Gasteiger partial charge in [0.15, 0.2) is 5.75 Å². The minimum absolute atomic E-state index is 0.151. The highest BCUT2D eigenvalue weighted by Crippen LogP contribution is 2.32. The van der Waals surface area contributed by atoms with Crippen LogP contribution in [0.1, 0.15) is 27.9 Å². The van der Waals surface area contributed by atoms with Crippen LogP contribution in [0.5, 0.6) is 11.5 Å². The first-order chi connectivity index (χ1) is 23.3. The fourth-order valence-electron chi connectivity index (χ4n) is 5.99. The number of nitrogens with one attached hydrogen (secondary N) is 1. The molecule has 0 saturated carbocycles. The summed E-state index contributed by atoms with van der Waals surface area (Å²) in [5.74, 6) is -0.0437. The third-order valence-electron chi connectivity index (χ3n) is 8.38. The number of para-hydroxylation sites is 3. The standard InChI is InChI=1S/C37H38N6O5/c1-41(2)31-14-8-9-15-33(31)48-34(44)24-42-23-27-16-17-28(22-29(27)39-37(42)40-36(46)26-11-4-3-5-12-26)47-21-19-32(35(38)45)43-20-18-25-10-6-7-13-30(25)43/h3-17,22,32H,18-21,23-24H2,1-2H3,(H2,38,45)(H,39,40,46). The number of aliphatic imine (C=N–C) groups is 1. The lowest BCUT2D eigenvalue weighted by molar-refractivity contribution is -0.134. The van der Waals surface area contributed by atoms with Gasteiger partial charge >= 0.3 is 5.97 Å². The normalized spacial score (nSPS) is 13.9. The van der Waals surface area contributed by atoms with E-state index in [0.717, 1.165) is 29.9 Å². The minimum Gasteiger partial charge on any atom is -0.493 e. The fraction of sp³-hybridized carbons (Fsp3) is 0.243. The van der Waals surface area contributed by atoms with E-state index in [9.17, 15) is 14.4 Å². The number of amides is 2. The molecule has 2 amide bonds. The first-order valence-electron chi connectivity index (χ1n) is 15.8. The highest BCUT2D eigenvalue weighted by atomic mass is 16.5. The van der Waals surface area contributed by atoms with E-state index in [0.29, 0.717) is 35.7 Å². The molecule has 0 bridgehead atoms. The summed E-state index contributed by atoms with van der Waals surface area (Å²) in [6.07, 6.45) is 1.28. The Kier molecular flexibility index (Phi) is 9.56. The van der Waals surface area contributed by atoms with Gasteiger partial charge in [-0.3, -0.25) is 14.9 Å². The Morgan fingerprint density at radius 2 is 1.69 bits per heavy atom. The van der Waals surface area contributed by atoms with E-state index in [1.807, 2.05) is 67.5 Å². The number of guanidine groups is 1. The van der Waals surface area contributed by atoms with Crippen molar-refractivity contribution in [3.05, 3.63) is 114 Å². The first kappa shape index (κ1) is 32.1. The van der Waals surface area contributed by atoms with E-state index < -0.39 is 17.9 Å². The Labute approximate surface area is 279 Å². The first-order valence-corrected chi connectivity index (χ1v) is 15.8. The van der Waals surface area contributed by atoms with Crippen LogP contribution in [-0.4, -0.2) is 68.5 Å². The van der Waals surface area contributed by atoms with Gasteiger partial charge in [0.05, 0.1) is 18.0 Å². The number of esters is 1. The van der Waals surface area contributed by atoms with Crippen LogP contribution in [0.2, 0.25) is 0 Å². The molecule has 11 nitrogen and oxygen atoms in total. The maximum atomic E-state index is 13.2. The monoisotopic (exact) mass is 646 g/mol. The quantitative estimate of drug-likeness (QED) is 0.183. The number of primary amides is 1. The van der Waals surface area contributed by atoms with Crippen LogP contribution in [0.25, 0.3) is 0 Å². The van der Waals surface area contributed by atoms with Crippen molar-refractivity contribution >= 4 is 40.8 Å². The number of nitrogens with two attached hydrogens (primary N) is 1. The molecule has 0 radical (unpaired) electrons. The predicted molar refractivity (Wildman–Crippen MR) is 185 cm³/mol. The Morgan fingerprint density at radius 1 is 0.938 bits per heavy atom. The number of carbonyl (C=O) groups is 3. The number of rotatable bonds is 11. The van der Waals surface area contributed by atoms with Crippen molar-refractivity contribution < 1.29 is 23.9 Å². The van der Waals surface area contributed by atoms with Gasteiger partial charge in [0, 0.05) is 50.9 Å². The molecule has 4 aromatic rings. The summed E-state index contributed by atoms with van der Waals surface area (Å²) >= 11 is 0. The van der Waals surface area contributed by atoms with Crippen LogP contribution in [0.4, 0.5) is 17.1 Å². The van der Waals surface area contributed by atoms with Crippen LogP contribution in [-0.2, 0) is 22.6 Å². The fourth-order valence-corrected chi connectivity index (χ4v) is 5.99. The van der Waals surface area contributed by atoms with Gasteiger partial charge in [-0.05, 0) is 53.9 Å². The Morgan fingerprint density at radius 3 is 2.48 bits per heavy atom. The summed E-state index contributed by atoms with van der Waals surface area (Å²) in [6, 6.07) is 29.1. The van der Waals surface area contributed by atoms with Crippen molar-refractivity contribution in [3.8, 4) is 11.5 Å². The number of anilines is 2. The van der Waals surface area contributed by atoms with Crippen molar-refractivity contribution in [2.75, 3.05) is 43.6 Å². The van der Waals surface area contributed by atoms with E-state index in [4.69, 9.17) is 20.2 Å². The van der Waals surface area contributed by atoms with Gasteiger partial charge in [0.1, 0.15) is 18.3 Å². The van der Waals surface area contributed by atoms with Crippen molar-refractivity contribution in [1.29, 1.82) is 0 Å². The summed E-state index contributed by atoms with van der Waals surface area (Å²) in [5.41, 5.74) is 10.7. The maximum absolute atomic E-state index is 13.2. The molecule has 0 saturated heterocycles. The van der Waals surface area contributed by atoms with Crippen LogP contribution in [0.3, 0.4) is 0 Å². The molecular weight excluding hydrogens is 608 g/mol. The molecule has 2 aliphatic rings. The van der Waals surface area contributed by atoms with E-state index in [-0.39, 0.29) is 25.0 Å². The molecule has 4 aromatic carbocycles. The molecule has 0 aliphatic carbocycles. The average Bonchev–Trinajstić information content (AvgIpc) is 3.51. The number of ether oxygens (including phenoxy) is 2. The van der Waals surface area contributed by atoms with Gasteiger partial charge in [0.2, 0.25) is 11.9 Å². The van der Waals surface area contributed by atoms with Gasteiger partial charge in [-0.15, -0.1) is 0 Å². The van der Waals surface area contributed by atoms with Gasteiger partial charge in [-0.1, -0.05) is 54.6 Å². The third kappa shape index (κ3) is 7.25. The molecule has 0 fully saturated rings. The second kappa shape index (κ2) is 14.3.